The molecule has 8 heteroatoms. The average Bonchev–Trinajstić information content (AvgIpc) is 2.73. The second kappa shape index (κ2) is 6.95. The van der Waals surface area contributed by atoms with Gasteiger partial charge in [0, 0.05) is 30.7 Å². The van der Waals surface area contributed by atoms with Crippen molar-refractivity contribution in [3.05, 3.63) is 42.2 Å². The number of Topliss-reactive ketones (excluding diaryl/α,β-unsaturated/α-hetero) is 1. The Kier molecular flexibility index (Phi) is 5.79. The molecule has 1 aliphatic rings. The molecule has 1 N–H and O–H groups in total. The molecular weight excluding hydrogens is 358 g/mol. The summed E-state index contributed by atoms with van der Waals surface area (Å²) in [7, 11) is -1.36. The van der Waals surface area contributed by atoms with Gasteiger partial charge in [0.15, 0.2) is 5.78 Å². The molecule has 0 saturated heterocycles. The first kappa shape index (κ1) is 17.5. The minimum atomic E-state index is -3.29. The first-order valence-electron chi connectivity index (χ1n) is 6.07. The molecule has 21 heavy (non-hydrogen) atoms. The van der Waals surface area contributed by atoms with E-state index in [4.69, 9.17) is 0 Å². The topological polar surface area (TPSA) is 69.7 Å². The molecular formula is C13H18BrN3O3S. The van der Waals surface area contributed by atoms with Crippen molar-refractivity contribution >= 4 is 38.5 Å². The minimum absolute atomic E-state index is 0. The van der Waals surface area contributed by atoms with Crippen LogP contribution >= 0.6 is 17.0 Å². The number of rotatable bonds is 5. The lowest BCUT2D eigenvalue weighted by Crippen LogP contribution is -2.28. The first-order valence-corrected chi connectivity index (χ1v) is 7.96. The third-order valence-electron chi connectivity index (χ3n) is 2.79. The zero-order valence-electron chi connectivity index (χ0n) is 11.8. The number of hydrogen-bond acceptors (Lipinski definition) is 5. The number of carbonyl (C=O) groups excluding carboxylic acids is 1. The molecule has 0 radical (unpaired) electrons. The zero-order valence-corrected chi connectivity index (χ0v) is 14.3. The van der Waals surface area contributed by atoms with Gasteiger partial charge in [-0.25, -0.2) is 8.42 Å². The molecule has 0 unspecified atom stereocenters. The second-order valence-corrected chi connectivity index (χ2v) is 6.57. The van der Waals surface area contributed by atoms with Gasteiger partial charge in [-0.2, -0.15) is 0 Å². The summed E-state index contributed by atoms with van der Waals surface area (Å²) in [6.07, 6.45) is 4.87. The van der Waals surface area contributed by atoms with E-state index in [1.807, 2.05) is 29.2 Å². The highest BCUT2D eigenvalue weighted by molar-refractivity contribution is 8.93. The largest absolute Gasteiger partial charge is 0.362 e. The molecule has 1 heterocycles. The van der Waals surface area contributed by atoms with Crippen molar-refractivity contribution in [2.75, 3.05) is 31.2 Å². The van der Waals surface area contributed by atoms with E-state index in [-0.39, 0.29) is 22.8 Å². The maximum Gasteiger partial charge on any atom is 0.229 e. The van der Waals surface area contributed by atoms with Crippen LogP contribution in [-0.2, 0) is 10.0 Å². The van der Waals surface area contributed by atoms with E-state index in [1.54, 1.807) is 24.3 Å². The highest BCUT2D eigenvalue weighted by Gasteiger charge is 2.14. The summed E-state index contributed by atoms with van der Waals surface area (Å²) in [4.78, 5) is 16.0. The maximum atomic E-state index is 12.1. The number of anilines is 1. The molecule has 0 aliphatic carbocycles. The number of nitrogens with one attached hydrogen (secondary N) is 1. The van der Waals surface area contributed by atoms with Crippen molar-refractivity contribution in [1.29, 1.82) is 0 Å². The molecule has 0 aromatic heterocycles. The summed E-state index contributed by atoms with van der Waals surface area (Å²) >= 11 is 0. The van der Waals surface area contributed by atoms with Gasteiger partial charge in [-0.15, -0.1) is 17.0 Å². The minimum Gasteiger partial charge on any atom is -0.362 e. The molecule has 0 saturated carbocycles. The molecule has 0 spiro atoms. The number of hydrogen-bond donors (Lipinski definition) is 1. The molecule has 0 amide bonds. The highest BCUT2D eigenvalue weighted by Crippen LogP contribution is 2.12. The van der Waals surface area contributed by atoms with Gasteiger partial charge in [0.05, 0.1) is 19.5 Å². The third-order valence-corrected chi connectivity index (χ3v) is 3.40. The van der Waals surface area contributed by atoms with Gasteiger partial charge >= 0.3 is 0 Å². The van der Waals surface area contributed by atoms with E-state index < -0.39 is 10.0 Å². The molecule has 0 fully saturated rings. The Morgan fingerprint density at radius 2 is 1.86 bits per heavy atom. The van der Waals surface area contributed by atoms with Crippen LogP contribution in [0.15, 0.2) is 36.7 Å². The Morgan fingerprint density at radius 1 is 1.24 bits per heavy atom. The van der Waals surface area contributed by atoms with Crippen molar-refractivity contribution in [1.82, 2.24) is 9.80 Å². The zero-order chi connectivity index (χ0) is 14.8. The van der Waals surface area contributed by atoms with E-state index >= 15 is 0 Å². The molecule has 116 valence electrons. The normalized spacial score (nSPS) is 14.0. The number of nitrogens with zero attached hydrogens (tertiary/aromatic N) is 2. The lowest BCUT2D eigenvalue weighted by Gasteiger charge is -2.17. The number of sulfonamides is 1. The molecule has 1 aromatic carbocycles. The number of halogens is 1. The van der Waals surface area contributed by atoms with E-state index in [1.165, 1.54) is 0 Å². The Hall–Kier alpha value is -1.54. The van der Waals surface area contributed by atoms with Crippen molar-refractivity contribution in [2.45, 2.75) is 0 Å². The summed E-state index contributed by atoms with van der Waals surface area (Å²) in [6.45, 7) is 0.999. The fourth-order valence-corrected chi connectivity index (χ4v) is 2.47. The lowest BCUT2D eigenvalue weighted by atomic mass is 10.1. The monoisotopic (exact) mass is 375 g/mol. The van der Waals surface area contributed by atoms with E-state index in [0.29, 0.717) is 24.5 Å². The Labute approximate surface area is 135 Å². The Bertz CT molecular complexity index is 629. The van der Waals surface area contributed by atoms with Crippen molar-refractivity contribution < 1.29 is 13.2 Å². The van der Waals surface area contributed by atoms with Crippen LogP contribution in [0.1, 0.15) is 10.4 Å². The number of benzene rings is 1. The standard InChI is InChI=1S/C13H17N3O3S.BrH/c1-15-7-8-16(10-15)9-13(17)11-3-5-12(6-4-11)14-20(2,18)19;/h3-8,14H,9-10H2,1-2H3;1H. The summed E-state index contributed by atoms with van der Waals surface area (Å²) in [5.74, 6) is -0.00384. The van der Waals surface area contributed by atoms with Crippen LogP contribution in [0.3, 0.4) is 0 Å². The van der Waals surface area contributed by atoms with Crippen LogP contribution < -0.4 is 4.72 Å². The third kappa shape index (κ3) is 5.39. The van der Waals surface area contributed by atoms with Crippen LogP contribution in [0.25, 0.3) is 0 Å². The van der Waals surface area contributed by atoms with E-state index in [0.717, 1.165) is 6.26 Å². The van der Waals surface area contributed by atoms with Crippen molar-refractivity contribution in [2.24, 2.45) is 0 Å². The van der Waals surface area contributed by atoms with Gasteiger partial charge in [0.1, 0.15) is 0 Å². The van der Waals surface area contributed by atoms with Gasteiger partial charge in [-0.05, 0) is 24.3 Å². The predicted molar refractivity (Wildman–Crippen MR) is 88.0 cm³/mol. The van der Waals surface area contributed by atoms with Crippen LogP contribution in [0.5, 0.6) is 0 Å². The quantitative estimate of drug-likeness (QED) is 0.789. The summed E-state index contributed by atoms with van der Waals surface area (Å²) in [5, 5.41) is 0. The fraction of sp³-hybridized carbons (Fsp3) is 0.308. The summed E-state index contributed by atoms with van der Waals surface area (Å²) in [6, 6.07) is 6.42. The molecule has 6 nitrogen and oxygen atoms in total. The highest BCUT2D eigenvalue weighted by atomic mass is 79.9. The van der Waals surface area contributed by atoms with Gasteiger partial charge in [-0.3, -0.25) is 9.52 Å². The van der Waals surface area contributed by atoms with Gasteiger partial charge in [0.25, 0.3) is 0 Å². The second-order valence-electron chi connectivity index (χ2n) is 4.82. The Morgan fingerprint density at radius 3 is 2.33 bits per heavy atom. The molecule has 1 aliphatic heterocycles. The van der Waals surface area contributed by atoms with Crippen LogP contribution in [-0.4, -0.2) is 50.5 Å². The average molecular weight is 376 g/mol. The number of carbonyl (C=O) groups is 1. The van der Waals surface area contributed by atoms with Gasteiger partial charge in [-0.1, -0.05) is 0 Å². The molecule has 2 rings (SSSR count). The molecule has 0 atom stereocenters. The van der Waals surface area contributed by atoms with Gasteiger partial charge < -0.3 is 9.80 Å². The van der Waals surface area contributed by atoms with Crippen LogP contribution in [0, 0.1) is 0 Å². The molecule has 0 bridgehead atoms. The SMILES string of the molecule is Br.CN1C=CN(CC(=O)c2ccc(NS(C)(=O)=O)cc2)C1. The lowest BCUT2D eigenvalue weighted by molar-refractivity contribution is 0.0948. The van der Waals surface area contributed by atoms with Crippen LogP contribution in [0.2, 0.25) is 0 Å². The van der Waals surface area contributed by atoms with Crippen molar-refractivity contribution in [3.8, 4) is 0 Å². The molecule has 1 aromatic rings. The van der Waals surface area contributed by atoms with Crippen molar-refractivity contribution in [3.63, 3.8) is 0 Å². The first-order chi connectivity index (χ1) is 9.33. The van der Waals surface area contributed by atoms with Gasteiger partial charge in [0.2, 0.25) is 10.0 Å². The van der Waals surface area contributed by atoms with Crippen LogP contribution in [0.4, 0.5) is 5.69 Å². The van der Waals surface area contributed by atoms with E-state index in [9.17, 15) is 13.2 Å². The van der Waals surface area contributed by atoms with E-state index in [2.05, 4.69) is 4.72 Å². The summed E-state index contributed by atoms with van der Waals surface area (Å²) in [5.41, 5.74) is 1.01. The Balaban J connectivity index is 0.00000220. The maximum absolute atomic E-state index is 12.1. The number of ketones is 1. The predicted octanol–water partition coefficient (Wildman–Crippen LogP) is 1.49. The fourth-order valence-electron chi connectivity index (χ4n) is 1.91. The summed E-state index contributed by atoms with van der Waals surface area (Å²) < 4.78 is 24.5. The smallest absolute Gasteiger partial charge is 0.229 e.